The van der Waals surface area contributed by atoms with Gasteiger partial charge in [0.2, 0.25) is 0 Å². The number of aromatic hydroxyl groups is 4. The van der Waals surface area contributed by atoms with Crippen LogP contribution in [0.25, 0.3) is 24.3 Å². The van der Waals surface area contributed by atoms with Gasteiger partial charge in [0, 0.05) is 60.7 Å². The molecule has 0 aliphatic heterocycles. The number of aromatic nitrogens is 4. The molecule has 4 N–H and O–H groups in total. The van der Waals surface area contributed by atoms with Crippen molar-refractivity contribution in [2.45, 2.75) is 13.8 Å². The first-order valence-corrected chi connectivity index (χ1v) is 14.2. The van der Waals surface area contributed by atoms with Crippen LogP contribution in [0.3, 0.4) is 0 Å². The second kappa shape index (κ2) is 19.1. The predicted molar refractivity (Wildman–Crippen MR) is 184 cm³/mol. The van der Waals surface area contributed by atoms with Crippen molar-refractivity contribution in [3.05, 3.63) is 168 Å². The molecule has 232 valence electrons. The molecular weight excluding hydrogens is 576 g/mol. The molecule has 0 saturated heterocycles. The van der Waals surface area contributed by atoms with Crippen LogP contribution in [0.5, 0.6) is 23.0 Å². The largest absolute Gasteiger partial charge is 0.508 e. The Kier molecular flexibility index (Phi) is 14.2. The molecule has 0 fully saturated rings. The zero-order valence-corrected chi connectivity index (χ0v) is 25.6. The van der Waals surface area contributed by atoms with E-state index in [1.54, 1.807) is 75.6 Å². The lowest BCUT2D eigenvalue weighted by atomic mass is 10.2. The highest BCUT2D eigenvalue weighted by molar-refractivity contribution is 5.69. The maximum absolute atomic E-state index is 8.94. The Hall–Kier alpha value is -6.28. The Morgan fingerprint density at radius 1 is 0.348 bits per heavy atom. The minimum Gasteiger partial charge on any atom is -0.508 e. The molecular formula is C38H36N4O4. The lowest BCUT2D eigenvalue weighted by Gasteiger charge is -1.98. The van der Waals surface area contributed by atoms with E-state index in [-0.39, 0.29) is 23.0 Å². The van der Waals surface area contributed by atoms with Crippen LogP contribution in [0.15, 0.2) is 135 Å². The molecule has 4 heterocycles. The van der Waals surface area contributed by atoms with Gasteiger partial charge in [-0.3, -0.25) is 19.9 Å². The summed E-state index contributed by atoms with van der Waals surface area (Å²) in [4.78, 5) is 15.8. The fourth-order valence-corrected chi connectivity index (χ4v) is 3.51. The van der Waals surface area contributed by atoms with Gasteiger partial charge in [0.05, 0.1) is 0 Å². The second-order valence-electron chi connectivity index (χ2n) is 9.63. The summed E-state index contributed by atoms with van der Waals surface area (Å²) in [5.74, 6) is 0.537. The van der Waals surface area contributed by atoms with E-state index < -0.39 is 0 Å². The Bertz CT molecular complexity index is 1520. The van der Waals surface area contributed by atoms with Gasteiger partial charge in [-0.15, -0.1) is 0 Å². The predicted octanol–water partition coefficient (Wildman–Crippen LogP) is 8.11. The standard InChI is InChI=1S/2C12H10N2.2C7H8O2/c2*1(11-3-7-13-8-4-11)2-12-5-9-14-10-6-12;2*1-5-6(8)3-2-4-7(5)9/h2*1-10H;2*2-4,8-9H,1H3/b2*2-1+;;. The van der Waals surface area contributed by atoms with Gasteiger partial charge in [-0.2, -0.15) is 0 Å². The van der Waals surface area contributed by atoms with E-state index in [9.17, 15) is 0 Å². The number of hydrogen-bond donors (Lipinski definition) is 4. The second-order valence-corrected chi connectivity index (χ2v) is 9.63. The summed E-state index contributed by atoms with van der Waals surface area (Å²) in [5, 5.41) is 35.8. The van der Waals surface area contributed by atoms with Crippen molar-refractivity contribution < 1.29 is 20.4 Å². The topological polar surface area (TPSA) is 132 Å². The number of pyridine rings is 4. The molecule has 0 aliphatic carbocycles. The summed E-state index contributed by atoms with van der Waals surface area (Å²) < 4.78 is 0. The molecule has 6 aromatic rings. The van der Waals surface area contributed by atoms with Crippen molar-refractivity contribution in [2.24, 2.45) is 0 Å². The molecule has 0 bridgehead atoms. The number of phenols is 4. The molecule has 0 atom stereocenters. The van der Waals surface area contributed by atoms with E-state index in [2.05, 4.69) is 44.2 Å². The molecule has 8 nitrogen and oxygen atoms in total. The maximum atomic E-state index is 8.94. The molecule has 6 rings (SSSR count). The SMILES string of the molecule is C(=C\c1ccncc1)/c1ccncc1.C(=C\c1ccncc1)/c1ccncc1.Cc1c(O)cccc1O.Cc1c(O)cccc1O. The quantitative estimate of drug-likeness (QED) is 0.157. The molecule has 0 unspecified atom stereocenters. The van der Waals surface area contributed by atoms with E-state index in [1.807, 2.05) is 48.5 Å². The summed E-state index contributed by atoms with van der Waals surface area (Å²) >= 11 is 0. The highest BCUT2D eigenvalue weighted by Crippen LogP contribution is 2.24. The molecule has 0 saturated carbocycles. The number of benzene rings is 2. The van der Waals surface area contributed by atoms with Gasteiger partial charge in [0.1, 0.15) is 23.0 Å². The fourth-order valence-electron chi connectivity index (χ4n) is 3.51. The van der Waals surface area contributed by atoms with Crippen molar-refractivity contribution in [1.82, 2.24) is 19.9 Å². The Balaban J connectivity index is 0.000000171. The molecule has 0 spiro atoms. The fraction of sp³-hybridized carbons (Fsp3) is 0.0526. The lowest BCUT2D eigenvalue weighted by Crippen LogP contribution is -1.74. The summed E-state index contributed by atoms with van der Waals surface area (Å²) in [5.41, 5.74) is 5.65. The molecule has 0 aliphatic rings. The number of hydrogen-bond acceptors (Lipinski definition) is 8. The van der Waals surface area contributed by atoms with Gasteiger partial charge in [-0.25, -0.2) is 0 Å². The molecule has 0 amide bonds. The molecule has 46 heavy (non-hydrogen) atoms. The van der Waals surface area contributed by atoms with E-state index in [1.165, 1.54) is 24.3 Å². The van der Waals surface area contributed by atoms with Crippen LogP contribution in [-0.2, 0) is 0 Å². The first-order valence-electron chi connectivity index (χ1n) is 14.2. The summed E-state index contributed by atoms with van der Waals surface area (Å²) in [6.07, 6.45) is 22.5. The van der Waals surface area contributed by atoms with E-state index >= 15 is 0 Å². The number of rotatable bonds is 4. The third-order valence-corrected chi connectivity index (χ3v) is 6.31. The zero-order chi connectivity index (χ0) is 33.0. The van der Waals surface area contributed by atoms with Gasteiger partial charge in [0.15, 0.2) is 0 Å². The van der Waals surface area contributed by atoms with Crippen LogP contribution in [0.2, 0.25) is 0 Å². The summed E-state index contributed by atoms with van der Waals surface area (Å²) in [6.45, 7) is 3.31. The van der Waals surface area contributed by atoms with Crippen molar-refractivity contribution >= 4 is 24.3 Å². The van der Waals surface area contributed by atoms with Crippen LogP contribution in [-0.4, -0.2) is 40.4 Å². The van der Waals surface area contributed by atoms with E-state index in [0.29, 0.717) is 11.1 Å². The maximum Gasteiger partial charge on any atom is 0.122 e. The average molecular weight is 613 g/mol. The first kappa shape index (κ1) is 34.2. The molecule has 4 aromatic heterocycles. The average Bonchev–Trinajstić information content (AvgIpc) is 3.10. The van der Waals surface area contributed by atoms with Crippen molar-refractivity contribution in [3.8, 4) is 23.0 Å². The Labute approximate surface area is 269 Å². The third-order valence-electron chi connectivity index (χ3n) is 6.31. The van der Waals surface area contributed by atoms with E-state index in [4.69, 9.17) is 20.4 Å². The smallest absolute Gasteiger partial charge is 0.122 e. The van der Waals surface area contributed by atoms with Crippen LogP contribution in [0.4, 0.5) is 0 Å². The Morgan fingerprint density at radius 3 is 0.717 bits per heavy atom. The van der Waals surface area contributed by atoms with Crippen LogP contribution >= 0.6 is 0 Å². The van der Waals surface area contributed by atoms with Gasteiger partial charge in [-0.05, 0) is 109 Å². The normalized spacial score (nSPS) is 10.1. The summed E-state index contributed by atoms with van der Waals surface area (Å²) in [7, 11) is 0. The minimum absolute atomic E-state index is 0.134. The van der Waals surface area contributed by atoms with Gasteiger partial charge < -0.3 is 20.4 Å². The van der Waals surface area contributed by atoms with Gasteiger partial charge in [0.25, 0.3) is 0 Å². The van der Waals surface area contributed by atoms with E-state index in [0.717, 1.165) is 22.3 Å². The highest BCUT2D eigenvalue weighted by Gasteiger charge is 1.98. The van der Waals surface area contributed by atoms with Crippen LogP contribution < -0.4 is 0 Å². The number of nitrogens with zero attached hydrogens (tertiary/aromatic N) is 4. The zero-order valence-electron chi connectivity index (χ0n) is 25.6. The van der Waals surface area contributed by atoms with Gasteiger partial charge in [-0.1, -0.05) is 36.4 Å². The van der Waals surface area contributed by atoms with Crippen LogP contribution in [0, 0.1) is 13.8 Å². The van der Waals surface area contributed by atoms with Crippen LogP contribution in [0.1, 0.15) is 33.4 Å². The third kappa shape index (κ3) is 12.5. The molecule has 8 heteroatoms. The Morgan fingerprint density at radius 2 is 0.543 bits per heavy atom. The van der Waals surface area contributed by atoms with Crippen molar-refractivity contribution in [2.75, 3.05) is 0 Å². The molecule has 0 radical (unpaired) electrons. The van der Waals surface area contributed by atoms with Crippen molar-refractivity contribution in [1.29, 1.82) is 0 Å². The minimum atomic E-state index is 0.134. The highest BCUT2D eigenvalue weighted by atomic mass is 16.3. The monoisotopic (exact) mass is 612 g/mol. The number of phenolic OH excluding ortho intramolecular Hbond substituents is 4. The van der Waals surface area contributed by atoms with Crippen molar-refractivity contribution in [3.63, 3.8) is 0 Å². The lowest BCUT2D eigenvalue weighted by molar-refractivity contribution is 0.442. The van der Waals surface area contributed by atoms with Gasteiger partial charge >= 0.3 is 0 Å². The summed E-state index contributed by atoms with van der Waals surface area (Å²) in [6, 6.07) is 25.1. The molecule has 2 aromatic carbocycles. The first-order chi connectivity index (χ1) is 22.3.